The highest BCUT2D eigenvalue weighted by molar-refractivity contribution is 5.95. The molecule has 8 nitrogen and oxygen atoms in total. The molecule has 8 heteroatoms. The van der Waals surface area contributed by atoms with E-state index in [4.69, 9.17) is 0 Å². The van der Waals surface area contributed by atoms with Gasteiger partial charge in [-0.15, -0.1) is 0 Å². The van der Waals surface area contributed by atoms with Gasteiger partial charge in [0, 0.05) is 37.3 Å². The van der Waals surface area contributed by atoms with Crippen LogP contribution < -0.4 is 16.4 Å². The molecule has 3 rings (SSSR count). The molecule has 0 radical (unpaired) electrons. The smallest absolute Gasteiger partial charge is 0.269 e. The van der Waals surface area contributed by atoms with Crippen molar-refractivity contribution < 1.29 is 14.4 Å². The lowest BCUT2D eigenvalue weighted by Crippen LogP contribution is -2.44. The summed E-state index contributed by atoms with van der Waals surface area (Å²) in [5.41, 5.74) is 5.54. The zero-order chi connectivity index (χ0) is 19.2. The SMILES string of the molecule is O=C(Cn1ccccc1=O)NNC(=O)c1cccc(CN2CCCC2=O)c1. The fraction of sp³-hybridized carbons (Fsp3) is 0.263. The summed E-state index contributed by atoms with van der Waals surface area (Å²) in [5.74, 6) is -0.873. The molecule has 0 spiro atoms. The van der Waals surface area contributed by atoms with Crippen molar-refractivity contribution in [2.24, 2.45) is 0 Å². The highest BCUT2D eigenvalue weighted by Crippen LogP contribution is 2.15. The Labute approximate surface area is 155 Å². The predicted octanol–water partition coefficient (Wildman–Crippen LogP) is 0.432. The van der Waals surface area contributed by atoms with Gasteiger partial charge in [-0.1, -0.05) is 18.2 Å². The normalized spacial score (nSPS) is 13.5. The van der Waals surface area contributed by atoms with E-state index in [0.29, 0.717) is 18.5 Å². The highest BCUT2D eigenvalue weighted by atomic mass is 16.2. The van der Waals surface area contributed by atoms with Gasteiger partial charge < -0.3 is 9.47 Å². The standard InChI is InChI=1S/C19H20N4O4/c24-16(13-23-9-2-1-7-17(23)25)20-21-19(27)15-6-3-5-14(11-15)12-22-10-4-8-18(22)26/h1-3,5-7,9,11H,4,8,10,12-13H2,(H,20,24)(H,21,27). The number of hydrogen-bond donors (Lipinski definition) is 2. The van der Waals surface area contributed by atoms with Crippen LogP contribution in [0.25, 0.3) is 0 Å². The molecular weight excluding hydrogens is 348 g/mol. The Hall–Kier alpha value is -3.42. The van der Waals surface area contributed by atoms with Gasteiger partial charge in [0.2, 0.25) is 5.91 Å². The number of carbonyl (C=O) groups excluding carboxylic acids is 3. The van der Waals surface area contributed by atoms with Crippen molar-refractivity contribution in [1.29, 1.82) is 0 Å². The van der Waals surface area contributed by atoms with Crippen LogP contribution in [0.1, 0.15) is 28.8 Å². The summed E-state index contributed by atoms with van der Waals surface area (Å²) < 4.78 is 1.23. The van der Waals surface area contributed by atoms with E-state index in [1.165, 1.54) is 16.8 Å². The van der Waals surface area contributed by atoms with Crippen LogP contribution in [0.2, 0.25) is 0 Å². The number of rotatable bonds is 5. The molecule has 1 aromatic carbocycles. The van der Waals surface area contributed by atoms with Gasteiger partial charge in [-0.2, -0.15) is 0 Å². The maximum Gasteiger partial charge on any atom is 0.269 e. The van der Waals surface area contributed by atoms with E-state index < -0.39 is 11.8 Å². The van der Waals surface area contributed by atoms with Gasteiger partial charge >= 0.3 is 0 Å². The van der Waals surface area contributed by atoms with E-state index in [1.54, 1.807) is 35.2 Å². The minimum absolute atomic E-state index is 0.119. The molecule has 1 saturated heterocycles. The topological polar surface area (TPSA) is 101 Å². The number of nitrogens with zero attached hydrogens (tertiary/aromatic N) is 2. The summed E-state index contributed by atoms with van der Waals surface area (Å²) in [6.07, 6.45) is 2.92. The van der Waals surface area contributed by atoms with Crippen molar-refractivity contribution in [3.63, 3.8) is 0 Å². The van der Waals surface area contributed by atoms with Gasteiger partial charge in [0.05, 0.1) is 0 Å². The molecule has 0 unspecified atom stereocenters. The van der Waals surface area contributed by atoms with E-state index in [-0.39, 0.29) is 18.0 Å². The number of likely N-dealkylation sites (tertiary alicyclic amines) is 1. The molecule has 1 aliphatic rings. The van der Waals surface area contributed by atoms with Crippen molar-refractivity contribution in [2.75, 3.05) is 6.54 Å². The van der Waals surface area contributed by atoms with Crippen LogP contribution in [0, 0.1) is 0 Å². The van der Waals surface area contributed by atoms with Crippen LogP contribution in [-0.4, -0.2) is 33.7 Å². The monoisotopic (exact) mass is 368 g/mol. The Morgan fingerprint density at radius 3 is 2.63 bits per heavy atom. The van der Waals surface area contributed by atoms with E-state index >= 15 is 0 Å². The molecule has 0 bridgehead atoms. The summed E-state index contributed by atoms with van der Waals surface area (Å²) in [4.78, 5) is 49.2. The van der Waals surface area contributed by atoms with E-state index in [0.717, 1.165) is 18.5 Å². The second kappa shape index (κ2) is 8.31. The Bertz CT molecular complexity index is 922. The first-order chi connectivity index (χ1) is 13.0. The largest absolute Gasteiger partial charge is 0.338 e. The van der Waals surface area contributed by atoms with Gasteiger partial charge in [-0.05, 0) is 30.2 Å². The average molecular weight is 368 g/mol. The van der Waals surface area contributed by atoms with Crippen LogP contribution in [0.4, 0.5) is 0 Å². The summed E-state index contributed by atoms with van der Waals surface area (Å²) in [6.45, 7) is 0.991. The second-order valence-corrected chi connectivity index (χ2v) is 6.29. The lowest BCUT2D eigenvalue weighted by molar-refractivity contribution is -0.128. The van der Waals surface area contributed by atoms with Gasteiger partial charge in [0.25, 0.3) is 17.4 Å². The molecule has 2 aromatic rings. The first-order valence-corrected chi connectivity index (χ1v) is 8.64. The van der Waals surface area contributed by atoms with Crippen LogP contribution in [0.5, 0.6) is 0 Å². The first kappa shape index (κ1) is 18.4. The van der Waals surface area contributed by atoms with Gasteiger partial charge in [0.15, 0.2) is 0 Å². The van der Waals surface area contributed by atoms with Gasteiger partial charge in [-0.25, -0.2) is 0 Å². The zero-order valence-corrected chi connectivity index (χ0v) is 14.7. The third-order valence-corrected chi connectivity index (χ3v) is 4.26. The van der Waals surface area contributed by atoms with Crippen molar-refractivity contribution >= 4 is 17.7 Å². The summed E-state index contributed by atoms with van der Waals surface area (Å²) in [6, 6.07) is 11.5. The van der Waals surface area contributed by atoms with Crippen molar-refractivity contribution in [3.8, 4) is 0 Å². The van der Waals surface area contributed by atoms with Crippen LogP contribution in [0.3, 0.4) is 0 Å². The summed E-state index contributed by atoms with van der Waals surface area (Å²) in [7, 11) is 0. The molecule has 2 N–H and O–H groups in total. The molecule has 0 aliphatic carbocycles. The van der Waals surface area contributed by atoms with Gasteiger partial charge in [0.1, 0.15) is 6.54 Å². The Kier molecular flexibility index (Phi) is 5.65. The van der Waals surface area contributed by atoms with Gasteiger partial charge in [-0.3, -0.25) is 30.0 Å². The molecule has 0 saturated carbocycles. The lowest BCUT2D eigenvalue weighted by atomic mass is 10.1. The number of hydrazine groups is 1. The van der Waals surface area contributed by atoms with Crippen molar-refractivity contribution in [1.82, 2.24) is 20.3 Å². The number of aromatic nitrogens is 1. The lowest BCUT2D eigenvalue weighted by Gasteiger charge is -2.16. The Morgan fingerprint density at radius 1 is 1.04 bits per heavy atom. The minimum atomic E-state index is -0.518. The highest BCUT2D eigenvalue weighted by Gasteiger charge is 2.20. The predicted molar refractivity (Wildman–Crippen MR) is 97.4 cm³/mol. The number of hydrogen-bond acceptors (Lipinski definition) is 4. The molecule has 1 fully saturated rings. The van der Waals surface area contributed by atoms with Crippen molar-refractivity contribution in [3.05, 3.63) is 70.1 Å². The van der Waals surface area contributed by atoms with Crippen molar-refractivity contribution in [2.45, 2.75) is 25.9 Å². The number of benzene rings is 1. The third kappa shape index (κ3) is 4.81. The number of amides is 3. The zero-order valence-electron chi connectivity index (χ0n) is 14.7. The quantitative estimate of drug-likeness (QED) is 0.748. The van der Waals surface area contributed by atoms with Crippen LogP contribution >= 0.6 is 0 Å². The number of pyridine rings is 1. The average Bonchev–Trinajstić information content (AvgIpc) is 3.06. The maximum atomic E-state index is 12.2. The second-order valence-electron chi connectivity index (χ2n) is 6.29. The van der Waals surface area contributed by atoms with Crippen LogP contribution in [0.15, 0.2) is 53.5 Å². The Morgan fingerprint density at radius 2 is 1.89 bits per heavy atom. The molecule has 27 heavy (non-hydrogen) atoms. The summed E-state index contributed by atoms with van der Waals surface area (Å²) >= 11 is 0. The van der Waals surface area contributed by atoms with E-state index in [2.05, 4.69) is 10.9 Å². The Balaban J connectivity index is 1.55. The number of carbonyl (C=O) groups is 3. The number of nitrogens with one attached hydrogen (secondary N) is 2. The molecule has 2 heterocycles. The maximum absolute atomic E-state index is 12.2. The molecular formula is C19H20N4O4. The summed E-state index contributed by atoms with van der Waals surface area (Å²) in [5, 5.41) is 0. The van der Waals surface area contributed by atoms with Crippen LogP contribution in [-0.2, 0) is 22.7 Å². The third-order valence-electron chi connectivity index (χ3n) is 4.26. The first-order valence-electron chi connectivity index (χ1n) is 8.64. The molecule has 140 valence electrons. The fourth-order valence-electron chi connectivity index (χ4n) is 2.89. The molecule has 1 aromatic heterocycles. The minimum Gasteiger partial charge on any atom is -0.338 e. The molecule has 3 amide bonds. The molecule has 1 aliphatic heterocycles. The van der Waals surface area contributed by atoms with E-state index in [9.17, 15) is 19.2 Å². The fourth-order valence-corrected chi connectivity index (χ4v) is 2.89. The van der Waals surface area contributed by atoms with E-state index in [1.807, 2.05) is 6.07 Å². The molecule has 0 atom stereocenters.